The summed E-state index contributed by atoms with van der Waals surface area (Å²) in [6, 6.07) is 26.3. The molecule has 4 nitrogen and oxygen atoms in total. The van der Waals surface area contributed by atoms with Gasteiger partial charge in [-0.05, 0) is 49.8 Å². The number of nitrogens with one attached hydrogen (secondary N) is 1. The average Bonchev–Trinajstić information content (AvgIpc) is 3.40. The topological polar surface area (TPSA) is 49.4 Å². The minimum atomic E-state index is -0.556. The van der Waals surface area contributed by atoms with Gasteiger partial charge in [-0.25, -0.2) is 0 Å². The third kappa shape index (κ3) is 7.30. The van der Waals surface area contributed by atoms with Gasteiger partial charge in [0.1, 0.15) is 6.04 Å². The molecule has 1 atom stereocenters. The number of amides is 2. The fourth-order valence-corrected chi connectivity index (χ4v) is 4.96. The van der Waals surface area contributed by atoms with E-state index in [1.54, 1.807) is 0 Å². The molecule has 0 radical (unpaired) electrons. The largest absolute Gasteiger partial charge is 0.352 e. The first-order chi connectivity index (χ1) is 17.5. The van der Waals surface area contributed by atoms with Gasteiger partial charge >= 0.3 is 0 Å². The summed E-state index contributed by atoms with van der Waals surface area (Å²) in [5.74, 6) is -0.0276. The summed E-state index contributed by atoms with van der Waals surface area (Å²) in [6.45, 7) is 4.54. The van der Waals surface area contributed by atoms with Crippen molar-refractivity contribution >= 4 is 11.8 Å². The zero-order valence-electron chi connectivity index (χ0n) is 21.6. The normalized spacial score (nSPS) is 14.4. The maximum atomic E-state index is 13.8. The molecule has 3 aromatic carbocycles. The van der Waals surface area contributed by atoms with Crippen LogP contribution in [0.3, 0.4) is 0 Å². The van der Waals surface area contributed by atoms with Crippen molar-refractivity contribution in [2.45, 2.75) is 77.4 Å². The lowest BCUT2D eigenvalue weighted by atomic mass is 10.0. The van der Waals surface area contributed by atoms with Gasteiger partial charge in [-0.3, -0.25) is 9.59 Å². The van der Waals surface area contributed by atoms with E-state index in [2.05, 4.69) is 67.7 Å². The highest BCUT2D eigenvalue weighted by atomic mass is 16.2. The summed E-state index contributed by atoms with van der Waals surface area (Å²) in [6.07, 6.45) is 5.87. The van der Waals surface area contributed by atoms with Crippen LogP contribution in [0, 0.1) is 13.8 Å². The Morgan fingerprint density at radius 3 is 2.00 bits per heavy atom. The summed E-state index contributed by atoms with van der Waals surface area (Å²) < 4.78 is 0. The second-order valence-electron chi connectivity index (χ2n) is 10.2. The summed E-state index contributed by atoms with van der Waals surface area (Å²) >= 11 is 0. The van der Waals surface area contributed by atoms with Crippen LogP contribution in [-0.4, -0.2) is 28.8 Å². The Balaban J connectivity index is 1.59. The van der Waals surface area contributed by atoms with Crippen LogP contribution in [0.4, 0.5) is 0 Å². The fourth-order valence-electron chi connectivity index (χ4n) is 4.96. The molecule has 0 spiro atoms. The zero-order valence-corrected chi connectivity index (χ0v) is 21.6. The summed E-state index contributed by atoms with van der Waals surface area (Å²) in [7, 11) is 0. The minimum absolute atomic E-state index is 0.0126. The van der Waals surface area contributed by atoms with Crippen molar-refractivity contribution in [1.82, 2.24) is 10.2 Å². The lowest BCUT2D eigenvalue weighted by Crippen LogP contribution is -2.52. The van der Waals surface area contributed by atoms with E-state index < -0.39 is 6.04 Å². The lowest BCUT2D eigenvalue weighted by Gasteiger charge is -2.32. The van der Waals surface area contributed by atoms with Crippen molar-refractivity contribution in [1.29, 1.82) is 0 Å². The van der Waals surface area contributed by atoms with E-state index in [1.165, 1.54) is 11.1 Å². The van der Waals surface area contributed by atoms with Gasteiger partial charge < -0.3 is 10.2 Å². The Labute approximate surface area is 215 Å². The molecule has 4 rings (SSSR count). The molecule has 0 aliphatic heterocycles. The third-order valence-corrected chi connectivity index (χ3v) is 7.19. The first-order valence-electron chi connectivity index (χ1n) is 13.2. The van der Waals surface area contributed by atoms with Crippen LogP contribution >= 0.6 is 0 Å². The number of carbonyl (C=O) groups is 2. The molecule has 1 aliphatic carbocycles. The number of hydrogen-bond acceptors (Lipinski definition) is 2. The Bertz CT molecular complexity index is 1120. The molecule has 0 unspecified atom stereocenters. The molecule has 1 aliphatic rings. The van der Waals surface area contributed by atoms with Crippen molar-refractivity contribution in [3.05, 3.63) is 107 Å². The van der Waals surface area contributed by atoms with Crippen molar-refractivity contribution in [3.8, 4) is 0 Å². The molecule has 3 aromatic rings. The smallest absolute Gasteiger partial charge is 0.243 e. The highest BCUT2D eigenvalue weighted by Gasteiger charge is 2.32. The van der Waals surface area contributed by atoms with Gasteiger partial charge in [0.25, 0.3) is 0 Å². The minimum Gasteiger partial charge on any atom is -0.352 e. The van der Waals surface area contributed by atoms with Gasteiger partial charge in [0.05, 0.1) is 0 Å². The first-order valence-corrected chi connectivity index (χ1v) is 13.2. The molecule has 0 saturated heterocycles. The van der Waals surface area contributed by atoms with Crippen molar-refractivity contribution in [2.24, 2.45) is 0 Å². The summed E-state index contributed by atoms with van der Waals surface area (Å²) in [5.41, 5.74) is 5.62. The summed E-state index contributed by atoms with van der Waals surface area (Å²) in [4.78, 5) is 29.3. The van der Waals surface area contributed by atoms with Crippen LogP contribution < -0.4 is 5.32 Å². The monoisotopic (exact) mass is 482 g/mol. The molecule has 0 heterocycles. The zero-order chi connectivity index (χ0) is 25.3. The molecule has 36 heavy (non-hydrogen) atoms. The van der Waals surface area contributed by atoms with Crippen molar-refractivity contribution < 1.29 is 9.59 Å². The maximum Gasteiger partial charge on any atom is 0.243 e. The fraction of sp³-hybridized carbons (Fsp3) is 0.375. The van der Waals surface area contributed by atoms with E-state index >= 15 is 0 Å². The van der Waals surface area contributed by atoms with E-state index in [1.807, 2.05) is 35.2 Å². The van der Waals surface area contributed by atoms with Crippen LogP contribution in [0.5, 0.6) is 0 Å². The molecule has 0 aromatic heterocycles. The Hall–Kier alpha value is -3.40. The van der Waals surface area contributed by atoms with Crippen molar-refractivity contribution in [3.63, 3.8) is 0 Å². The molecule has 0 bridgehead atoms. The number of aryl methyl sites for hydroxylation is 3. The molecular formula is C32H38N2O2. The van der Waals surface area contributed by atoms with Crippen LogP contribution in [0.15, 0.2) is 78.9 Å². The number of nitrogens with zero attached hydrogens (tertiary/aromatic N) is 1. The van der Waals surface area contributed by atoms with E-state index in [-0.39, 0.29) is 17.9 Å². The quantitative estimate of drug-likeness (QED) is 0.389. The first kappa shape index (κ1) is 25.7. The van der Waals surface area contributed by atoms with E-state index in [9.17, 15) is 9.59 Å². The second-order valence-corrected chi connectivity index (χ2v) is 10.2. The van der Waals surface area contributed by atoms with E-state index in [4.69, 9.17) is 0 Å². The number of benzene rings is 3. The molecule has 1 fully saturated rings. The predicted octanol–water partition coefficient (Wildman–Crippen LogP) is 5.93. The Kier molecular flexibility index (Phi) is 8.94. The van der Waals surface area contributed by atoms with Gasteiger partial charge in [0, 0.05) is 25.4 Å². The second kappa shape index (κ2) is 12.5. The number of rotatable bonds is 10. The van der Waals surface area contributed by atoms with Gasteiger partial charge in [-0.1, -0.05) is 103 Å². The summed E-state index contributed by atoms with van der Waals surface area (Å²) in [5, 5.41) is 3.28. The van der Waals surface area contributed by atoms with Crippen LogP contribution in [0.25, 0.3) is 0 Å². The molecular weight excluding hydrogens is 444 g/mol. The standard InChI is InChI=1S/C32H38N2O2/c1-24-12-16-26(17-13-24)20-21-31(35)34(23-28-18-14-25(2)15-19-28)30(22-27-8-4-3-5-9-27)32(36)33-29-10-6-7-11-29/h3-5,8-9,12-19,29-30H,6-7,10-11,20-23H2,1-2H3,(H,33,36)/t30-/m1/s1. The number of hydrogen-bond donors (Lipinski definition) is 1. The van der Waals surface area contributed by atoms with Crippen LogP contribution in [-0.2, 0) is 29.0 Å². The Morgan fingerprint density at radius 1 is 0.806 bits per heavy atom. The lowest BCUT2D eigenvalue weighted by molar-refractivity contribution is -0.141. The SMILES string of the molecule is Cc1ccc(CCC(=O)N(Cc2ccc(C)cc2)[C@H](Cc2ccccc2)C(=O)NC2CCCC2)cc1. The predicted molar refractivity (Wildman–Crippen MR) is 146 cm³/mol. The molecule has 1 N–H and O–H groups in total. The van der Waals surface area contributed by atoms with Crippen LogP contribution in [0.1, 0.15) is 59.9 Å². The molecule has 2 amide bonds. The molecule has 188 valence electrons. The van der Waals surface area contributed by atoms with E-state index in [0.29, 0.717) is 25.8 Å². The average molecular weight is 483 g/mol. The third-order valence-electron chi connectivity index (χ3n) is 7.19. The molecule has 4 heteroatoms. The van der Waals surface area contributed by atoms with Crippen molar-refractivity contribution in [2.75, 3.05) is 0 Å². The molecule has 1 saturated carbocycles. The van der Waals surface area contributed by atoms with Gasteiger partial charge in [-0.15, -0.1) is 0 Å². The van der Waals surface area contributed by atoms with Gasteiger partial charge in [0.2, 0.25) is 11.8 Å². The van der Waals surface area contributed by atoms with Crippen LogP contribution in [0.2, 0.25) is 0 Å². The highest BCUT2D eigenvalue weighted by molar-refractivity contribution is 5.88. The van der Waals surface area contributed by atoms with Gasteiger partial charge in [0.15, 0.2) is 0 Å². The Morgan fingerprint density at radius 2 is 1.39 bits per heavy atom. The van der Waals surface area contributed by atoms with E-state index in [0.717, 1.165) is 42.4 Å². The maximum absolute atomic E-state index is 13.8. The van der Waals surface area contributed by atoms with Gasteiger partial charge in [-0.2, -0.15) is 0 Å². The highest BCUT2D eigenvalue weighted by Crippen LogP contribution is 2.21. The number of carbonyl (C=O) groups excluding carboxylic acids is 2.